The standard InChI is InChI=1S/C12H16N2O5/c1-2-5-14(7-8-3-4-8)12(19)13-9(11(17)18)6-10(15)16/h1,8-9H,3-7H2,(H,13,19)(H,15,16)(H,17,18). The number of aliphatic carboxylic acids is 2. The summed E-state index contributed by atoms with van der Waals surface area (Å²) in [6.45, 7) is 0.539. The predicted molar refractivity (Wildman–Crippen MR) is 65.3 cm³/mol. The van der Waals surface area contributed by atoms with E-state index in [1.165, 1.54) is 4.90 Å². The monoisotopic (exact) mass is 268 g/mol. The molecule has 1 aliphatic carbocycles. The molecule has 19 heavy (non-hydrogen) atoms. The molecule has 1 saturated carbocycles. The lowest BCUT2D eigenvalue weighted by Gasteiger charge is -2.22. The van der Waals surface area contributed by atoms with Crippen LogP contribution >= 0.6 is 0 Å². The van der Waals surface area contributed by atoms with Gasteiger partial charge in [0.2, 0.25) is 0 Å². The molecule has 1 aliphatic rings. The Hall–Kier alpha value is -2.23. The van der Waals surface area contributed by atoms with Gasteiger partial charge in [0.1, 0.15) is 6.04 Å². The molecule has 7 heteroatoms. The smallest absolute Gasteiger partial charge is 0.326 e. The summed E-state index contributed by atoms with van der Waals surface area (Å²) in [6, 6.07) is -2.09. The molecule has 0 saturated heterocycles. The van der Waals surface area contributed by atoms with Crippen LogP contribution in [0, 0.1) is 18.3 Å². The maximum absolute atomic E-state index is 11.9. The van der Waals surface area contributed by atoms with E-state index in [0.29, 0.717) is 12.5 Å². The van der Waals surface area contributed by atoms with Crippen LogP contribution in [0.3, 0.4) is 0 Å². The zero-order valence-corrected chi connectivity index (χ0v) is 10.3. The average molecular weight is 268 g/mol. The molecule has 3 N–H and O–H groups in total. The Morgan fingerprint density at radius 2 is 2.00 bits per heavy atom. The Labute approximate surface area is 110 Å². The van der Waals surface area contributed by atoms with Crippen molar-refractivity contribution >= 4 is 18.0 Å². The van der Waals surface area contributed by atoms with Gasteiger partial charge in [0.15, 0.2) is 0 Å². The third-order valence-corrected chi connectivity index (χ3v) is 2.72. The molecule has 1 atom stereocenters. The number of urea groups is 1. The number of carbonyl (C=O) groups is 3. The summed E-state index contributed by atoms with van der Waals surface area (Å²) in [5, 5.41) is 19.6. The highest BCUT2D eigenvalue weighted by atomic mass is 16.4. The van der Waals surface area contributed by atoms with Crippen molar-refractivity contribution in [2.24, 2.45) is 5.92 Å². The van der Waals surface area contributed by atoms with Crippen LogP contribution < -0.4 is 5.32 Å². The van der Waals surface area contributed by atoms with Crippen LogP contribution in [0.2, 0.25) is 0 Å². The number of hydrogen-bond acceptors (Lipinski definition) is 3. The van der Waals surface area contributed by atoms with E-state index in [1.54, 1.807) is 0 Å². The second-order valence-corrected chi connectivity index (χ2v) is 4.47. The SMILES string of the molecule is C#CCN(CC1CC1)C(=O)NC(CC(=O)O)C(=O)O. The molecule has 0 aromatic heterocycles. The molecule has 2 amide bonds. The molecule has 1 rings (SSSR count). The third-order valence-electron chi connectivity index (χ3n) is 2.72. The summed E-state index contributed by atoms with van der Waals surface area (Å²) in [5.74, 6) is 0.0515. The van der Waals surface area contributed by atoms with Gasteiger partial charge in [-0.3, -0.25) is 4.79 Å². The van der Waals surface area contributed by atoms with Crippen molar-refractivity contribution in [1.82, 2.24) is 10.2 Å². The van der Waals surface area contributed by atoms with Crippen molar-refractivity contribution in [3.63, 3.8) is 0 Å². The first-order valence-electron chi connectivity index (χ1n) is 5.87. The molecule has 1 unspecified atom stereocenters. The lowest BCUT2D eigenvalue weighted by Crippen LogP contribution is -2.49. The molecular weight excluding hydrogens is 252 g/mol. The predicted octanol–water partition coefficient (Wildman–Crippen LogP) is -0.0309. The number of hydrogen-bond donors (Lipinski definition) is 3. The molecule has 0 radical (unpaired) electrons. The Kier molecular flexibility index (Phi) is 5.18. The Morgan fingerprint density at radius 3 is 2.42 bits per heavy atom. The molecule has 0 heterocycles. The molecule has 0 aromatic rings. The van der Waals surface area contributed by atoms with Gasteiger partial charge >= 0.3 is 18.0 Å². The van der Waals surface area contributed by atoms with Crippen LogP contribution in [-0.2, 0) is 9.59 Å². The van der Waals surface area contributed by atoms with E-state index < -0.39 is 30.4 Å². The Morgan fingerprint density at radius 1 is 1.37 bits per heavy atom. The molecule has 0 aromatic carbocycles. The minimum absolute atomic E-state index is 0.0712. The van der Waals surface area contributed by atoms with E-state index in [1.807, 2.05) is 0 Å². The van der Waals surface area contributed by atoms with E-state index in [4.69, 9.17) is 16.6 Å². The average Bonchev–Trinajstić information content (AvgIpc) is 3.10. The molecule has 7 nitrogen and oxygen atoms in total. The number of nitrogens with one attached hydrogen (secondary N) is 1. The molecular formula is C12H16N2O5. The Balaban J connectivity index is 2.58. The van der Waals surface area contributed by atoms with Crippen molar-refractivity contribution < 1.29 is 24.6 Å². The third kappa shape index (κ3) is 5.29. The number of carbonyl (C=O) groups excluding carboxylic acids is 1. The number of carboxylic acids is 2. The van der Waals surface area contributed by atoms with Crippen LogP contribution in [0.25, 0.3) is 0 Å². The van der Waals surface area contributed by atoms with Gasteiger partial charge in [0.05, 0.1) is 13.0 Å². The van der Waals surface area contributed by atoms with Gasteiger partial charge in [-0.25, -0.2) is 9.59 Å². The number of carboxylic acid groups (broad SMARTS) is 2. The van der Waals surface area contributed by atoms with E-state index in [-0.39, 0.29) is 6.54 Å². The van der Waals surface area contributed by atoms with Gasteiger partial charge < -0.3 is 20.4 Å². The maximum Gasteiger partial charge on any atom is 0.326 e. The first-order chi connectivity index (χ1) is 8.93. The van der Waals surface area contributed by atoms with Gasteiger partial charge in [-0.15, -0.1) is 6.42 Å². The van der Waals surface area contributed by atoms with E-state index in [0.717, 1.165) is 12.8 Å². The second-order valence-electron chi connectivity index (χ2n) is 4.47. The van der Waals surface area contributed by atoms with Gasteiger partial charge in [0, 0.05) is 6.54 Å². The molecule has 0 spiro atoms. The first-order valence-corrected chi connectivity index (χ1v) is 5.87. The molecule has 104 valence electrons. The fourth-order valence-corrected chi connectivity index (χ4v) is 1.56. The second kappa shape index (κ2) is 6.64. The van der Waals surface area contributed by atoms with E-state index in [9.17, 15) is 14.4 Å². The number of rotatable bonds is 7. The summed E-state index contributed by atoms with van der Waals surface area (Å²) >= 11 is 0. The van der Waals surface area contributed by atoms with Crippen LogP contribution in [-0.4, -0.2) is 52.2 Å². The number of nitrogens with zero attached hydrogens (tertiary/aromatic N) is 1. The van der Waals surface area contributed by atoms with Gasteiger partial charge in [0.25, 0.3) is 0 Å². The number of terminal acetylenes is 1. The lowest BCUT2D eigenvalue weighted by atomic mass is 10.2. The van der Waals surface area contributed by atoms with E-state index >= 15 is 0 Å². The largest absolute Gasteiger partial charge is 0.481 e. The van der Waals surface area contributed by atoms with Crippen molar-refractivity contribution in [1.29, 1.82) is 0 Å². The minimum Gasteiger partial charge on any atom is -0.481 e. The van der Waals surface area contributed by atoms with Crippen LogP contribution in [0.5, 0.6) is 0 Å². The summed E-state index contributed by atoms with van der Waals surface area (Å²) in [4.78, 5) is 34.6. The Bertz CT molecular complexity index is 411. The van der Waals surface area contributed by atoms with Crippen molar-refractivity contribution in [3.05, 3.63) is 0 Å². The topological polar surface area (TPSA) is 107 Å². The fourth-order valence-electron chi connectivity index (χ4n) is 1.56. The minimum atomic E-state index is -1.45. The van der Waals surface area contributed by atoms with Crippen LogP contribution in [0.15, 0.2) is 0 Å². The van der Waals surface area contributed by atoms with Crippen LogP contribution in [0.1, 0.15) is 19.3 Å². The normalized spacial score (nSPS) is 15.1. The molecule has 0 bridgehead atoms. The van der Waals surface area contributed by atoms with E-state index in [2.05, 4.69) is 11.2 Å². The summed E-state index contributed by atoms with van der Waals surface area (Å²) in [7, 11) is 0. The first kappa shape index (κ1) is 14.8. The van der Waals surface area contributed by atoms with Crippen molar-refractivity contribution in [3.8, 4) is 12.3 Å². The van der Waals surface area contributed by atoms with Gasteiger partial charge in [-0.2, -0.15) is 0 Å². The fraction of sp³-hybridized carbons (Fsp3) is 0.583. The molecule has 1 fully saturated rings. The van der Waals surface area contributed by atoms with Gasteiger partial charge in [-0.05, 0) is 18.8 Å². The maximum atomic E-state index is 11.9. The summed E-state index contributed by atoms with van der Waals surface area (Å²) in [5.41, 5.74) is 0. The highest BCUT2D eigenvalue weighted by Crippen LogP contribution is 2.29. The molecule has 0 aliphatic heterocycles. The van der Waals surface area contributed by atoms with Gasteiger partial charge in [-0.1, -0.05) is 5.92 Å². The summed E-state index contributed by atoms with van der Waals surface area (Å²) in [6.07, 6.45) is 6.52. The highest BCUT2D eigenvalue weighted by Gasteiger charge is 2.29. The highest BCUT2D eigenvalue weighted by molar-refractivity contribution is 5.86. The van der Waals surface area contributed by atoms with Crippen molar-refractivity contribution in [2.75, 3.05) is 13.1 Å². The van der Waals surface area contributed by atoms with Crippen molar-refractivity contribution in [2.45, 2.75) is 25.3 Å². The van der Waals surface area contributed by atoms with Crippen LogP contribution in [0.4, 0.5) is 4.79 Å². The summed E-state index contributed by atoms with van der Waals surface area (Å²) < 4.78 is 0. The quantitative estimate of drug-likeness (QED) is 0.562. The zero-order valence-electron chi connectivity index (χ0n) is 10.3. The number of amides is 2. The zero-order chi connectivity index (χ0) is 14.4. The lowest BCUT2D eigenvalue weighted by molar-refractivity contribution is -0.145.